The maximum absolute atomic E-state index is 14.1. The molecule has 354 valence electrons. The first-order valence-corrected chi connectivity index (χ1v) is 22.9. The third kappa shape index (κ3) is 11.5. The SMILES string of the molecule is FC(F)(F)c1ccc([B-](c2ccc(C(F)(F)F)cc2)(c2ccc(C(F)(F)F)cc2)c2ccc(C(F)(F)F)cc2)cc1.O=[S+](Cc1ccc(Cc2ccccc2)cc1)(c1ccccc1)c1ccccc1. The highest BCUT2D eigenvalue weighted by Gasteiger charge is 2.39. The van der Waals surface area contributed by atoms with E-state index < -0.39 is 63.0 Å². The van der Waals surface area contributed by atoms with E-state index in [9.17, 15) is 56.9 Å². The predicted octanol–water partition coefficient (Wildman–Crippen LogP) is 13.5. The summed E-state index contributed by atoms with van der Waals surface area (Å²) in [5.41, 5.74) is -0.639. The Kier molecular flexibility index (Phi) is 14.5. The van der Waals surface area contributed by atoms with Gasteiger partial charge < -0.3 is 0 Å². The fourth-order valence-corrected chi connectivity index (χ4v) is 10.9. The van der Waals surface area contributed by atoms with E-state index in [1.165, 1.54) is 11.1 Å². The molecule has 0 spiro atoms. The summed E-state index contributed by atoms with van der Waals surface area (Å²) in [6.07, 6.45) is -21.1. The van der Waals surface area contributed by atoms with Crippen molar-refractivity contribution in [3.05, 3.63) is 251 Å². The van der Waals surface area contributed by atoms with Gasteiger partial charge in [-0.1, -0.05) is 192 Å². The van der Waals surface area contributed by atoms with Crippen LogP contribution in [-0.2, 0) is 51.0 Å². The van der Waals surface area contributed by atoms with Crippen molar-refractivity contribution >= 4 is 37.9 Å². The quantitative estimate of drug-likeness (QED) is 0.0758. The lowest BCUT2D eigenvalue weighted by molar-refractivity contribution is -0.138. The van der Waals surface area contributed by atoms with Crippen molar-refractivity contribution in [2.24, 2.45) is 0 Å². The smallest absolute Gasteiger partial charge is 0.195 e. The first-order chi connectivity index (χ1) is 32.6. The van der Waals surface area contributed by atoms with E-state index in [4.69, 9.17) is 0 Å². The van der Waals surface area contributed by atoms with Gasteiger partial charge in [-0.3, -0.25) is 0 Å². The van der Waals surface area contributed by atoms with Crippen molar-refractivity contribution in [1.29, 1.82) is 0 Å². The Labute approximate surface area is 391 Å². The third-order valence-corrected chi connectivity index (χ3v) is 14.7. The fourth-order valence-electron chi connectivity index (χ4n) is 8.40. The zero-order chi connectivity index (χ0) is 49.7. The van der Waals surface area contributed by atoms with Crippen LogP contribution in [0.4, 0.5) is 52.7 Å². The number of rotatable bonds is 10. The van der Waals surface area contributed by atoms with Crippen molar-refractivity contribution < 1.29 is 56.9 Å². The Bertz CT molecular complexity index is 2680. The van der Waals surface area contributed by atoms with Crippen LogP contribution in [0.15, 0.2) is 222 Å². The third-order valence-electron chi connectivity index (χ3n) is 11.8. The molecule has 0 saturated carbocycles. The van der Waals surface area contributed by atoms with E-state index in [0.717, 1.165) is 70.3 Å². The summed E-state index contributed by atoms with van der Waals surface area (Å²) in [7, 11) is -2.37. The Morgan fingerprint density at radius 1 is 0.304 bits per heavy atom. The molecule has 8 rings (SSSR count). The van der Waals surface area contributed by atoms with Crippen LogP contribution >= 0.6 is 0 Å². The molecular formula is C54H39BF12OS. The Morgan fingerprint density at radius 2 is 0.551 bits per heavy atom. The molecule has 8 aromatic rings. The summed E-state index contributed by atoms with van der Waals surface area (Å²) < 4.78 is 174. The van der Waals surface area contributed by atoms with Crippen LogP contribution in [-0.4, -0.2) is 6.15 Å². The molecule has 0 aromatic heterocycles. The highest BCUT2D eigenvalue weighted by Crippen LogP contribution is 2.35. The van der Waals surface area contributed by atoms with Crippen LogP contribution in [0.25, 0.3) is 0 Å². The molecule has 0 aliphatic rings. The lowest BCUT2D eigenvalue weighted by Crippen LogP contribution is -2.74. The summed E-state index contributed by atoms with van der Waals surface area (Å²) in [5, 5.41) is 0. The maximum Gasteiger partial charge on any atom is 0.416 e. The lowest BCUT2D eigenvalue weighted by atomic mass is 9.13. The average molecular weight is 975 g/mol. The molecule has 0 aliphatic carbocycles. The summed E-state index contributed by atoms with van der Waals surface area (Å²) in [5.74, 6) is 0.507. The molecule has 0 fully saturated rings. The first-order valence-electron chi connectivity index (χ1n) is 21.2. The van der Waals surface area contributed by atoms with Gasteiger partial charge in [0.15, 0.2) is 19.7 Å². The van der Waals surface area contributed by atoms with Gasteiger partial charge in [-0.05, 0) is 41.8 Å². The second-order valence-corrected chi connectivity index (χ2v) is 18.9. The van der Waals surface area contributed by atoms with Crippen LogP contribution in [0, 0.1) is 0 Å². The zero-order valence-electron chi connectivity index (χ0n) is 36.1. The van der Waals surface area contributed by atoms with E-state index in [0.29, 0.717) is 54.3 Å². The van der Waals surface area contributed by atoms with Gasteiger partial charge >= 0.3 is 24.7 Å². The van der Waals surface area contributed by atoms with Crippen molar-refractivity contribution in [2.75, 3.05) is 0 Å². The molecule has 0 heterocycles. The standard InChI is InChI=1S/C28H16BF12.C26H23OS/c30-25(31,32)17-1-9-21(10-2-17)29(22-11-3-18(4-12-22)26(33,34)35,23-13-5-19(6-14-23)27(36,37)38)24-15-7-20(8-16-24)28(39,40)41;27-28(25-12-6-2-7-13-25,26-14-8-3-9-15-26)21-24-18-16-23(17-19-24)20-22-10-4-1-5-11-22/h1-16H;1-19H,20-21H2/q-1;+1. The van der Waals surface area contributed by atoms with Crippen molar-refractivity contribution in [3.8, 4) is 0 Å². The number of halogens is 12. The summed E-state index contributed by atoms with van der Waals surface area (Å²) >= 11 is 0. The fraction of sp³-hybridized carbons (Fsp3) is 0.111. The Morgan fingerprint density at radius 3 is 0.826 bits per heavy atom. The summed E-state index contributed by atoms with van der Waals surface area (Å²) in [6, 6.07) is 52.2. The van der Waals surface area contributed by atoms with Crippen molar-refractivity contribution in [1.82, 2.24) is 0 Å². The van der Waals surface area contributed by atoms with Gasteiger partial charge in [-0.15, -0.1) is 0 Å². The highest BCUT2D eigenvalue weighted by molar-refractivity contribution is 8.02. The molecule has 0 atom stereocenters. The molecule has 15 heteroatoms. The van der Waals surface area contributed by atoms with Crippen LogP contribution in [0.3, 0.4) is 0 Å². The maximum atomic E-state index is 14.1. The molecule has 8 aromatic carbocycles. The van der Waals surface area contributed by atoms with Gasteiger partial charge in [0.1, 0.15) is 11.9 Å². The van der Waals surface area contributed by atoms with Crippen LogP contribution < -0.4 is 21.9 Å². The molecule has 0 radical (unpaired) electrons. The minimum Gasteiger partial charge on any atom is -0.195 e. The normalized spacial score (nSPS) is 12.5. The van der Waals surface area contributed by atoms with E-state index in [1.807, 2.05) is 66.7 Å². The minimum absolute atomic E-state index is 0.0114. The zero-order valence-corrected chi connectivity index (χ0v) is 36.9. The van der Waals surface area contributed by atoms with Gasteiger partial charge in [0.25, 0.3) is 0 Å². The second kappa shape index (κ2) is 20.0. The monoisotopic (exact) mass is 974 g/mol. The van der Waals surface area contributed by atoms with Gasteiger partial charge in [-0.2, -0.15) is 74.5 Å². The average Bonchev–Trinajstić information content (AvgIpc) is 3.33. The van der Waals surface area contributed by atoms with E-state index in [-0.39, 0.29) is 21.9 Å². The number of hydrogen-bond donors (Lipinski definition) is 0. The predicted molar refractivity (Wildman–Crippen MR) is 247 cm³/mol. The van der Waals surface area contributed by atoms with Crippen LogP contribution in [0.1, 0.15) is 38.9 Å². The van der Waals surface area contributed by atoms with Gasteiger partial charge in [0.2, 0.25) is 0 Å². The Balaban J connectivity index is 0.000000218. The molecule has 0 unspecified atom stereocenters. The highest BCUT2D eigenvalue weighted by atomic mass is 32.2. The summed E-state index contributed by atoms with van der Waals surface area (Å²) in [6.45, 7) is 0. The lowest BCUT2D eigenvalue weighted by Gasteiger charge is -2.44. The minimum atomic E-state index is -4.77. The number of benzene rings is 8. The first kappa shape index (κ1) is 50.0. The van der Waals surface area contributed by atoms with Gasteiger partial charge in [0.05, 0.1) is 22.3 Å². The number of hydrogen-bond acceptors (Lipinski definition) is 1. The van der Waals surface area contributed by atoms with Crippen LogP contribution in [0.5, 0.6) is 0 Å². The molecule has 1 nitrogen and oxygen atoms in total. The molecular weight excluding hydrogens is 935 g/mol. The van der Waals surface area contributed by atoms with Crippen molar-refractivity contribution in [2.45, 2.75) is 46.7 Å². The topological polar surface area (TPSA) is 17.1 Å². The number of alkyl halides is 12. The molecule has 0 bridgehead atoms. The molecule has 0 N–H and O–H groups in total. The second-order valence-electron chi connectivity index (χ2n) is 16.3. The van der Waals surface area contributed by atoms with Crippen LogP contribution in [0.2, 0.25) is 0 Å². The molecule has 0 aliphatic heterocycles. The van der Waals surface area contributed by atoms with Gasteiger partial charge in [-0.25, -0.2) is 0 Å². The van der Waals surface area contributed by atoms with E-state index >= 15 is 0 Å². The van der Waals surface area contributed by atoms with E-state index in [1.54, 1.807) is 0 Å². The van der Waals surface area contributed by atoms with Gasteiger partial charge in [0, 0.05) is 5.56 Å². The molecule has 69 heavy (non-hydrogen) atoms. The molecule has 0 saturated heterocycles. The largest absolute Gasteiger partial charge is 0.416 e. The summed E-state index contributed by atoms with van der Waals surface area (Å²) in [4.78, 5) is 1.77. The Hall–Kier alpha value is -6.87. The van der Waals surface area contributed by atoms with Crippen molar-refractivity contribution in [3.63, 3.8) is 0 Å². The van der Waals surface area contributed by atoms with E-state index in [2.05, 4.69) is 48.5 Å². The molecule has 0 amide bonds.